The number of carbonyl (C=O) groups excluding carboxylic acids is 1. The first-order chi connectivity index (χ1) is 13.1. The van der Waals surface area contributed by atoms with Crippen molar-refractivity contribution in [2.75, 3.05) is 13.7 Å². The van der Waals surface area contributed by atoms with E-state index >= 15 is 0 Å². The molecule has 0 saturated carbocycles. The predicted molar refractivity (Wildman–Crippen MR) is 106 cm³/mol. The van der Waals surface area contributed by atoms with Crippen molar-refractivity contribution >= 4 is 34.6 Å². The Morgan fingerprint density at radius 2 is 2.00 bits per heavy atom. The largest absolute Gasteiger partial charge is 0.493 e. The maximum absolute atomic E-state index is 11.9. The molecule has 1 heterocycles. The van der Waals surface area contributed by atoms with Gasteiger partial charge in [-0.1, -0.05) is 35.4 Å². The lowest BCUT2D eigenvalue weighted by atomic mass is 10.1. The molecule has 138 valence electrons. The molecule has 0 bridgehead atoms. The SMILES string of the molecule is COc1ccccc1OCC(=O)N/N=C/c1cc2cc(C)ccc2nc1Cl. The molecular weight excluding hydrogens is 366 g/mol. The number of nitrogens with zero attached hydrogens (tertiary/aromatic N) is 2. The number of aromatic nitrogens is 1. The molecule has 0 aliphatic heterocycles. The molecule has 7 heteroatoms. The van der Waals surface area contributed by atoms with Crippen LogP contribution in [-0.2, 0) is 4.79 Å². The number of hydrazone groups is 1. The maximum Gasteiger partial charge on any atom is 0.277 e. The van der Waals surface area contributed by atoms with Crippen molar-refractivity contribution in [2.24, 2.45) is 5.10 Å². The van der Waals surface area contributed by atoms with E-state index in [-0.39, 0.29) is 6.61 Å². The number of methoxy groups -OCH3 is 1. The van der Waals surface area contributed by atoms with Gasteiger partial charge >= 0.3 is 0 Å². The Morgan fingerprint density at radius 3 is 2.78 bits per heavy atom. The van der Waals surface area contributed by atoms with Gasteiger partial charge in [0.15, 0.2) is 18.1 Å². The lowest BCUT2D eigenvalue weighted by molar-refractivity contribution is -0.123. The van der Waals surface area contributed by atoms with Crippen molar-refractivity contribution < 1.29 is 14.3 Å². The molecular formula is C20H18ClN3O3. The summed E-state index contributed by atoms with van der Waals surface area (Å²) in [5, 5.41) is 5.19. The number of benzene rings is 2. The molecule has 3 aromatic rings. The Morgan fingerprint density at radius 1 is 1.22 bits per heavy atom. The van der Waals surface area contributed by atoms with Crippen LogP contribution in [0.1, 0.15) is 11.1 Å². The highest BCUT2D eigenvalue weighted by atomic mass is 35.5. The number of pyridine rings is 1. The normalized spacial score (nSPS) is 10.9. The van der Waals surface area contributed by atoms with E-state index in [1.54, 1.807) is 18.2 Å². The topological polar surface area (TPSA) is 72.8 Å². The van der Waals surface area contributed by atoms with Gasteiger partial charge in [-0.05, 0) is 37.3 Å². The number of fused-ring (bicyclic) bond motifs is 1. The van der Waals surface area contributed by atoms with Gasteiger partial charge in [-0.2, -0.15) is 5.10 Å². The molecule has 1 amide bonds. The van der Waals surface area contributed by atoms with Gasteiger partial charge in [-0.15, -0.1) is 0 Å². The number of halogens is 1. The Labute approximate surface area is 161 Å². The second-order valence-electron chi connectivity index (χ2n) is 5.80. The van der Waals surface area contributed by atoms with E-state index in [9.17, 15) is 4.79 Å². The van der Waals surface area contributed by atoms with Crippen LogP contribution in [0.15, 0.2) is 53.6 Å². The van der Waals surface area contributed by atoms with E-state index in [0.717, 1.165) is 16.5 Å². The standard InChI is InChI=1S/C20H18ClN3O3/c1-13-7-8-16-14(9-13)10-15(20(21)23-16)11-22-24-19(25)12-27-18-6-4-3-5-17(18)26-2/h3-11H,12H2,1-2H3,(H,24,25)/b22-11+. The molecule has 3 rings (SSSR count). The number of hydrogen-bond acceptors (Lipinski definition) is 5. The number of para-hydroxylation sites is 2. The highest BCUT2D eigenvalue weighted by molar-refractivity contribution is 6.32. The summed E-state index contributed by atoms with van der Waals surface area (Å²) in [6, 6.07) is 14.9. The molecule has 0 radical (unpaired) electrons. The summed E-state index contributed by atoms with van der Waals surface area (Å²) in [6.45, 7) is 1.81. The minimum Gasteiger partial charge on any atom is -0.493 e. The zero-order valence-electron chi connectivity index (χ0n) is 14.9. The molecule has 2 aromatic carbocycles. The van der Waals surface area contributed by atoms with Gasteiger partial charge in [0.1, 0.15) is 5.15 Å². The Kier molecular flexibility index (Phi) is 5.88. The fraction of sp³-hybridized carbons (Fsp3) is 0.150. The van der Waals surface area contributed by atoms with E-state index in [1.807, 2.05) is 37.3 Å². The maximum atomic E-state index is 11.9. The highest BCUT2D eigenvalue weighted by Crippen LogP contribution is 2.25. The van der Waals surface area contributed by atoms with E-state index < -0.39 is 5.91 Å². The number of rotatable bonds is 6. The second-order valence-corrected chi connectivity index (χ2v) is 6.16. The molecule has 0 spiro atoms. The average Bonchev–Trinajstić information content (AvgIpc) is 2.67. The summed E-state index contributed by atoms with van der Waals surface area (Å²) in [4.78, 5) is 16.2. The predicted octanol–water partition coefficient (Wildman–Crippen LogP) is 3.73. The van der Waals surface area contributed by atoms with Crippen molar-refractivity contribution in [2.45, 2.75) is 6.92 Å². The third-order valence-electron chi connectivity index (χ3n) is 3.77. The quantitative estimate of drug-likeness (QED) is 0.400. The van der Waals surface area contributed by atoms with Crippen molar-refractivity contribution in [1.29, 1.82) is 0 Å². The molecule has 0 saturated heterocycles. The number of aryl methyl sites for hydroxylation is 1. The number of nitrogens with one attached hydrogen (secondary N) is 1. The molecule has 1 aromatic heterocycles. The first kappa shape index (κ1) is 18.7. The van der Waals surface area contributed by atoms with Crippen LogP contribution in [-0.4, -0.2) is 30.8 Å². The molecule has 0 fully saturated rings. The summed E-state index contributed by atoms with van der Waals surface area (Å²) in [6.07, 6.45) is 1.46. The zero-order chi connectivity index (χ0) is 19.2. The Balaban J connectivity index is 1.62. The van der Waals surface area contributed by atoms with Crippen LogP contribution in [0.5, 0.6) is 11.5 Å². The zero-order valence-corrected chi connectivity index (χ0v) is 15.7. The molecule has 6 nitrogen and oxygen atoms in total. The average molecular weight is 384 g/mol. The van der Waals surface area contributed by atoms with Gasteiger partial charge in [0.2, 0.25) is 0 Å². The fourth-order valence-electron chi connectivity index (χ4n) is 2.47. The van der Waals surface area contributed by atoms with Gasteiger partial charge in [-0.3, -0.25) is 4.79 Å². The third-order valence-corrected chi connectivity index (χ3v) is 4.07. The van der Waals surface area contributed by atoms with Crippen LogP contribution in [0.2, 0.25) is 5.15 Å². The van der Waals surface area contributed by atoms with Crippen LogP contribution >= 0.6 is 11.6 Å². The number of hydrogen-bond donors (Lipinski definition) is 1. The lowest BCUT2D eigenvalue weighted by Gasteiger charge is -2.09. The first-order valence-electron chi connectivity index (χ1n) is 8.21. The summed E-state index contributed by atoms with van der Waals surface area (Å²) in [7, 11) is 1.54. The van der Waals surface area contributed by atoms with Gasteiger partial charge in [0, 0.05) is 10.9 Å². The molecule has 0 aliphatic carbocycles. The van der Waals surface area contributed by atoms with Crippen molar-refractivity contribution in [3.63, 3.8) is 0 Å². The van der Waals surface area contributed by atoms with Crippen LogP contribution in [0, 0.1) is 6.92 Å². The molecule has 0 atom stereocenters. The monoisotopic (exact) mass is 383 g/mol. The summed E-state index contributed by atoms with van der Waals surface area (Å²) in [5.74, 6) is 0.632. The molecule has 27 heavy (non-hydrogen) atoms. The van der Waals surface area contributed by atoms with Crippen molar-refractivity contribution in [1.82, 2.24) is 10.4 Å². The van der Waals surface area contributed by atoms with Gasteiger partial charge < -0.3 is 9.47 Å². The van der Waals surface area contributed by atoms with Crippen LogP contribution in [0.4, 0.5) is 0 Å². The van der Waals surface area contributed by atoms with Crippen LogP contribution < -0.4 is 14.9 Å². The van der Waals surface area contributed by atoms with Crippen molar-refractivity contribution in [3.8, 4) is 11.5 Å². The smallest absolute Gasteiger partial charge is 0.277 e. The first-order valence-corrected chi connectivity index (χ1v) is 8.59. The molecule has 0 aliphatic rings. The van der Waals surface area contributed by atoms with Crippen LogP contribution in [0.3, 0.4) is 0 Å². The number of carbonyl (C=O) groups is 1. The summed E-state index contributed by atoms with van der Waals surface area (Å²) < 4.78 is 10.6. The number of ether oxygens (including phenoxy) is 2. The Bertz CT molecular complexity index is 1000. The van der Waals surface area contributed by atoms with E-state index in [0.29, 0.717) is 22.2 Å². The third kappa shape index (κ3) is 4.74. The van der Waals surface area contributed by atoms with Gasteiger partial charge in [0.05, 0.1) is 18.8 Å². The summed E-state index contributed by atoms with van der Waals surface area (Å²) in [5.41, 5.74) is 4.94. The van der Waals surface area contributed by atoms with E-state index in [4.69, 9.17) is 21.1 Å². The van der Waals surface area contributed by atoms with Crippen LogP contribution in [0.25, 0.3) is 10.9 Å². The highest BCUT2D eigenvalue weighted by Gasteiger charge is 2.07. The minimum absolute atomic E-state index is 0.194. The minimum atomic E-state index is -0.405. The van der Waals surface area contributed by atoms with Gasteiger partial charge in [-0.25, -0.2) is 10.4 Å². The second kappa shape index (κ2) is 8.51. The fourth-order valence-corrected chi connectivity index (χ4v) is 2.66. The summed E-state index contributed by atoms with van der Waals surface area (Å²) >= 11 is 6.18. The Hall–Kier alpha value is -3.12. The van der Waals surface area contributed by atoms with E-state index in [2.05, 4.69) is 15.5 Å². The molecule has 0 unspecified atom stereocenters. The lowest BCUT2D eigenvalue weighted by Crippen LogP contribution is -2.24. The molecule has 1 N–H and O–H groups in total. The van der Waals surface area contributed by atoms with Crippen molar-refractivity contribution in [3.05, 3.63) is 64.8 Å². The number of amides is 1. The van der Waals surface area contributed by atoms with Gasteiger partial charge in [0.25, 0.3) is 5.91 Å². The van der Waals surface area contributed by atoms with E-state index in [1.165, 1.54) is 13.3 Å².